The molecule has 0 radical (unpaired) electrons. The van der Waals surface area contributed by atoms with Gasteiger partial charge in [-0.2, -0.15) is 26.3 Å². The highest BCUT2D eigenvalue weighted by molar-refractivity contribution is 8.13. The van der Waals surface area contributed by atoms with Crippen LogP contribution in [0, 0.1) is 0 Å². The standard InChI is InChI=1S/C8H12F3N2.C2F6NO4S2/c1-2-3-4-12-5-6-13(7-12)8(9,10)11;3-1(4,5)14(10,11)9-15(12,13)2(6,7)8/h5-7H,2-4H2,1H3;/q+1;-1. The number of hydrogen-bond acceptors (Lipinski definition) is 4. The van der Waals surface area contributed by atoms with Crippen molar-refractivity contribution in [2.45, 2.75) is 43.6 Å². The number of nitrogens with zero attached hydrogens (tertiary/aromatic N) is 3. The lowest BCUT2D eigenvalue weighted by atomic mass is 10.3. The largest absolute Gasteiger partial charge is 0.567 e. The number of sulfonamides is 2. The second kappa shape index (κ2) is 8.85. The number of aryl methyl sites for hydroxylation is 1. The van der Waals surface area contributed by atoms with Crippen LogP contribution < -0.4 is 4.57 Å². The third kappa shape index (κ3) is 7.82. The molecule has 166 valence electrons. The molecule has 0 saturated carbocycles. The lowest BCUT2D eigenvalue weighted by Gasteiger charge is -2.22. The summed E-state index contributed by atoms with van der Waals surface area (Å²) in [5, 5.41) is 0. The van der Waals surface area contributed by atoms with Crippen LogP contribution in [0.1, 0.15) is 19.8 Å². The van der Waals surface area contributed by atoms with E-state index in [0.717, 1.165) is 29.5 Å². The first kappa shape index (κ1) is 26.4. The zero-order valence-electron chi connectivity index (χ0n) is 13.5. The van der Waals surface area contributed by atoms with Crippen molar-refractivity contribution in [3.8, 4) is 0 Å². The van der Waals surface area contributed by atoms with Crippen LogP contribution in [-0.4, -0.2) is 32.4 Å². The number of alkyl halides is 9. The van der Waals surface area contributed by atoms with Gasteiger partial charge in [0.05, 0.1) is 6.54 Å². The van der Waals surface area contributed by atoms with Gasteiger partial charge in [-0.05, 0) is 6.42 Å². The first-order chi connectivity index (χ1) is 12.2. The van der Waals surface area contributed by atoms with Crippen LogP contribution in [0.15, 0.2) is 18.7 Å². The zero-order valence-corrected chi connectivity index (χ0v) is 15.2. The summed E-state index contributed by atoms with van der Waals surface area (Å²) < 4.78 is 147. The monoisotopic (exact) mass is 473 g/mol. The maximum absolute atomic E-state index is 12.1. The molecule has 1 heterocycles. The van der Waals surface area contributed by atoms with Gasteiger partial charge in [0.1, 0.15) is 12.4 Å². The lowest BCUT2D eigenvalue weighted by Crippen LogP contribution is -2.31. The molecule has 0 aliphatic rings. The molecular formula is C10H12F9N3O4S2. The summed E-state index contributed by atoms with van der Waals surface area (Å²) in [5.41, 5.74) is -12.4. The fourth-order valence-corrected chi connectivity index (χ4v) is 2.94. The molecule has 0 aliphatic heterocycles. The molecule has 0 saturated heterocycles. The van der Waals surface area contributed by atoms with Crippen molar-refractivity contribution in [3.05, 3.63) is 22.8 Å². The minimum Gasteiger partial charge on any atom is -0.421 e. The molecule has 1 aromatic heterocycles. The summed E-state index contributed by atoms with van der Waals surface area (Å²) in [6.07, 6.45) is 1.10. The van der Waals surface area contributed by atoms with Crippen molar-refractivity contribution < 1.29 is 60.9 Å². The molecule has 0 fully saturated rings. The fourth-order valence-electron chi connectivity index (χ4n) is 1.23. The Labute approximate surface area is 152 Å². The number of unbranched alkanes of at least 4 members (excludes halogenated alkanes) is 1. The van der Waals surface area contributed by atoms with Gasteiger partial charge in [-0.1, -0.05) is 13.3 Å². The van der Waals surface area contributed by atoms with Gasteiger partial charge < -0.3 is 4.13 Å². The highest BCUT2D eigenvalue weighted by Gasteiger charge is 2.47. The summed E-state index contributed by atoms with van der Waals surface area (Å²) in [7, 11) is -13.4. The van der Waals surface area contributed by atoms with E-state index in [-0.39, 0.29) is 4.57 Å². The second-order valence-corrected chi connectivity index (χ2v) is 8.22. The Morgan fingerprint density at radius 3 is 1.61 bits per heavy atom. The lowest BCUT2D eigenvalue weighted by molar-refractivity contribution is -0.697. The van der Waals surface area contributed by atoms with Gasteiger partial charge in [-0.25, -0.2) is 21.4 Å². The van der Waals surface area contributed by atoms with E-state index in [2.05, 4.69) is 0 Å². The van der Waals surface area contributed by atoms with E-state index in [1.165, 1.54) is 10.8 Å². The molecule has 0 unspecified atom stereocenters. The molecule has 0 spiro atoms. The maximum Gasteiger partial charge on any atom is 0.567 e. The normalized spacial score (nSPS) is 13.8. The smallest absolute Gasteiger partial charge is 0.421 e. The number of hydrogen-bond donors (Lipinski definition) is 0. The minimum absolute atomic E-state index is 0.253. The van der Waals surface area contributed by atoms with Crippen molar-refractivity contribution in [2.75, 3.05) is 0 Å². The highest BCUT2D eigenvalue weighted by atomic mass is 32.3. The summed E-state index contributed by atoms with van der Waals surface area (Å²) in [6.45, 7) is 2.64. The van der Waals surface area contributed by atoms with Gasteiger partial charge in [0.25, 0.3) is 6.33 Å². The Kier molecular flexibility index (Phi) is 8.36. The van der Waals surface area contributed by atoms with Gasteiger partial charge in [-0.15, -0.1) is 17.7 Å². The Morgan fingerprint density at radius 1 is 0.893 bits per heavy atom. The Balaban J connectivity index is 0.000000525. The third-order valence-electron chi connectivity index (χ3n) is 2.54. The van der Waals surface area contributed by atoms with Crippen LogP contribution >= 0.6 is 0 Å². The Bertz CT molecular complexity index is 797. The van der Waals surface area contributed by atoms with Crippen molar-refractivity contribution in [1.82, 2.24) is 4.57 Å². The van der Waals surface area contributed by atoms with Gasteiger partial charge in [0.15, 0.2) is 20.0 Å². The van der Waals surface area contributed by atoms with E-state index in [1.807, 2.05) is 6.92 Å². The second-order valence-electron chi connectivity index (χ2n) is 4.80. The molecule has 0 N–H and O–H groups in total. The highest BCUT2D eigenvalue weighted by Crippen LogP contribution is 2.36. The molecule has 0 bridgehead atoms. The SMILES string of the molecule is CCCC[n+]1ccn(C(F)(F)F)c1.O=S(=O)([N-]S(=O)(=O)C(F)(F)F)C(F)(F)F. The Morgan fingerprint density at radius 2 is 1.32 bits per heavy atom. The molecule has 0 amide bonds. The molecular weight excluding hydrogens is 461 g/mol. The van der Waals surface area contributed by atoms with E-state index in [9.17, 15) is 56.3 Å². The van der Waals surface area contributed by atoms with Crippen LogP contribution in [0.4, 0.5) is 39.5 Å². The van der Waals surface area contributed by atoms with Crippen molar-refractivity contribution >= 4 is 20.0 Å². The quantitative estimate of drug-likeness (QED) is 0.486. The van der Waals surface area contributed by atoms with E-state index < -0.39 is 37.4 Å². The van der Waals surface area contributed by atoms with Crippen LogP contribution in [-0.2, 0) is 32.9 Å². The van der Waals surface area contributed by atoms with E-state index in [4.69, 9.17) is 0 Å². The van der Waals surface area contributed by atoms with Gasteiger partial charge >= 0.3 is 17.3 Å². The predicted molar refractivity (Wildman–Crippen MR) is 74.1 cm³/mol. The van der Waals surface area contributed by atoms with E-state index in [0.29, 0.717) is 6.54 Å². The summed E-state index contributed by atoms with van der Waals surface area (Å²) >= 11 is 0. The van der Waals surface area contributed by atoms with Gasteiger partial charge in [-0.3, -0.25) is 0 Å². The van der Waals surface area contributed by atoms with Gasteiger partial charge in [0.2, 0.25) is 0 Å². The Hall–Kier alpha value is -1.56. The summed E-state index contributed by atoms with van der Waals surface area (Å²) in [5.74, 6) is 0. The van der Waals surface area contributed by atoms with Crippen LogP contribution in [0.2, 0.25) is 0 Å². The average molecular weight is 473 g/mol. The summed E-state index contributed by atoms with van der Waals surface area (Å²) in [6, 6.07) is 0. The third-order valence-corrected chi connectivity index (χ3v) is 5.28. The maximum atomic E-state index is 12.1. The van der Waals surface area contributed by atoms with Crippen molar-refractivity contribution in [1.29, 1.82) is 0 Å². The molecule has 1 rings (SSSR count). The van der Waals surface area contributed by atoms with Crippen molar-refractivity contribution in [2.24, 2.45) is 0 Å². The molecule has 18 heteroatoms. The number of aromatic nitrogens is 2. The van der Waals surface area contributed by atoms with Gasteiger partial charge in [0, 0.05) is 0 Å². The van der Waals surface area contributed by atoms with E-state index >= 15 is 0 Å². The first-order valence-electron chi connectivity index (χ1n) is 6.75. The van der Waals surface area contributed by atoms with Crippen LogP contribution in [0.25, 0.3) is 4.13 Å². The number of halogens is 9. The van der Waals surface area contributed by atoms with E-state index in [1.54, 1.807) is 0 Å². The molecule has 0 atom stereocenters. The molecule has 28 heavy (non-hydrogen) atoms. The topological polar surface area (TPSA) is 91.2 Å². The molecule has 0 aromatic carbocycles. The zero-order chi connectivity index (χ0) is 22.6. The molecule has 0 aliphatic carbocycles. The fraction of sp³-hybridized carbons (Fsp3) is 0.700. The molecule has 7 nitrogen and oxygen atoms in total. The van der Waals surface area contributed by atoms with Crippen LogP contribution in [0.5, 0.6) is 0 Å². The van der Waals surface area contributed by atoms with Crippen LogP contribution in [0.3, 0.4) is 0 Å². The minimum atomic E-state index is -6.72. The number of imidazole rings is 1. The molecule has 1 aromatic rings. The average Bonchev–Trinajstić information content (AvgIpc) is 2.91. The summed E-state index contributed by atoms with van der Waals surface area (Å²) in [4.78, 5) is 0. The number of rotatable bonds is 5. The van der Waals surface area contributed by atoms with Crippen molar-refractivity contribution in [3.63, 3.8) is 0 Å². The predicted octanol–water partition coefficient (Wildman–Crippen LogP) is 3.11. The first-order valence-corrected chi connectivity index (χ1v) is 9.63.